The van der Waals surface area contributed by atoms with Gasteiger partial charge in [0.25, 0.3) is 5.91 Å². The molecule has 0 unspecified atom stereocenters. The van der Waals surface area contributed by atoms with Crippen LogP contribution in [0.5, 0.6) is 0 Å². The minimum atomic E-state index is -3.79. The van der Waals surface area contributed by atoms with Crippen molar-refractivity contribution in [1.82, 2.24) is 9.21 Å². The first-order chi connectivity index (χ1) is 14.0. The zero-order valence-electron chi connectivity index (χ0n) is 16.8. The third-order valence-electron chi connectivity index (χ3n) is 5.62. The van der Waals surface area contributed by atoms with Gasteiger partial charge in [0.05, 0.1) is 4.90 Å². The molecule has 1 amide bonds. The number of sulfonamides is 1. The third-order valence-corrected chi connectivity index (χ3v) is 7.54. The van der Waals surface area contributed by atoms with E-state index in [0.717, 1.165) is 32.1 Å². The molecule has 1 atom stereocenters. The number of likely N-dealkylation sites (tertiary alicyclic amines) is 1. The fourth-order valence-electron chi connectivity index (χ4n) is 3.97. The second-order valence-electron chi connectivity index (χ2n) is 7.70. The highest BCUT2D eigenvalue weighted by Gasteiger charge is 2.38. The van der Waals surface area contributed by atoms with Gasteiger partial charge in [0.15, 0.2) is 6.61 Å². The number of esters is 1. The highest BCUT2D eigenvalue weighted by molar-refractivity contribution is 7.89. The van der Waals surface area contributed by atoms with Crippen LogP contribution in [-0.4, -0.2) is 61.8 Å². The van der Waals surface area contributed by atoms with E-state index in [0.29, 0.717) is 25.9 Å². The molecule has 7 nitrogen and oxygen atoms in total. The molecule has 2 fully saturated rings. The monoisotopic (exact) mass is 422 g/mol. The topological polar surface area (TPSA) is 84.0 Å². The SMILES string of the molecule is O=C(OCC(=O)N1CCCCCCC1)[C@@H]1CCCCN1S(=O)(=O)c1ccccc1. The predicted octanol–water partition coefficient (Wildman–Crippen LogP) is 2.57. The summed E-state index contributed by atoms with van der Waals surface area (Å²) in [4.78, 5) is 27.1. The van der Waals surface area contributed by atoms with Crippen LogP contribution in [0.1, 0.15) is 51.4 Å². The van der Waals surface area contributed by atoms with Crippen molar-refractivity contribution in [3.8, 4) is 0 Å². The number of hydrogen-bond donors (Lipinski definition) is 0. The Hall–Kier alpha value is -1.93. The second kappa shape index (κ2) is 10.2. The maximum atomic E-state index is 13.0. The van der Waals surface area contributed by atoms with Crippen molar-refractivity contribution >= 4 is 21.9 Å². The molecule has 0 bridgehead atoms. The summed E-state index contributed by atoms with van der Waals surface area (Å²) in [5, 5.41) is 0. The van der Waals surface area contributed by atoms with E-state index in [1.807, 2.05) is 0 Å². The number of carbonyl (C=O) groups is 2. The zero-order chi connectivity index (χ0) is 20.7. The van der Waals surface area contributed by atoms with Crippen LogP contribution in [0.25, 0.3) is 0 Å². The smallest absolute Gasteiger partial charge is 0.324 e. The van der Waals surface area contributed by atoms with Crippen LogP contribution in [0.2, 0.25) is 0 Å². The summed E-state index contributed by atoms with van der Waals surface area (Å²) >= 11 is 0. The van der Waals surface area contributed by atoms with Crippen LogP contribution in [0, 0.1) is 0 Å². The normalized spacial score (nSPS) is 21.8. The van der Waals surface area contributed by atoms with Crippen molar-refractivity contribution in [2.75, 3.05) is 26.2 Å². The summed E-state index contributed by atoms with van der Waals surface area (Å²) in [5.41, 5.74) is 0. The van der Waals surface area contributed by atoms with Gasteiger partial charge in [0.1, 0.15) is 6.04 Å². The van der Waals surface area contributed by atoms with Crippen molar-refractivity contribution in [3.05, 3.63) is 30.3 Å². The van der Waals surface area contributed by atoms with Crippen LogP contribution < -0.4 is 0 Å². The lowest BCUT2D eigenvalue weighted by molar-refractivity contribution is -0.156. The fraction of sp³-hybridized carbons (Fsp3) is 0.619. The molecule has 0 aromatic heterocycles. The molecule has 0 spiro atoms. The van der Waals surface area contributed by atoms with Gasteiger partial charge in [-0.3, -0.25) is 9.59 Å². The number of nitrogens with zero attached hydrogens (tertiary/aromatic N) is 2. The van der Waals surface area contributed by atoms with E-state index < -0.39 is 22.0 Å². The molecule has 3 rings (SSSR count). The Morgan fingerprint density at radius 1 is 0.897 bits per heavy atom. The summed E-state index contributed by atoms with van der Waals surface area (Å²) in [6.45, 7) is 1.33. The van der Waals surface area contributed by atoms with Gasteiger partial charge in [-0.05, 0) is 44.2 Å². The molecule has 29 heavy (non-hydrogen) atoms. The highest BCUT2D eigenvalue weighted by atomic mass is 32.2. The number of hydrogen-bond acceptors (Lipinski definition) is 5. The van der Waals surface area contributed by atoms with E-state index in [2.05, 4.69) is 0 Å². The summed E-state index contributed by atoms with van der Waals surface area (Å²) in [5.74, 6) is -0.835. The summed E-state index contributed by atoms with van der Waals surface area (Å²) in [6.07, 6.45) is 7.20. The number of rotatable bonds is 5. The van der Waals surface area contributed by atoms with Gasteiger partial charge in [0.2, 0.25) is 10.0 Å². The molecule has 2 aliphatic heterocycles. The Bertz CT molecular complexity index is 789. The van der Waals surface area contributed by atoms with Gasteiger partial charge in [-0.15, -0.1) is 0 Å². The minimum Gasteiger partial charge on any atom is -0.454 e. The molecule has 0 saturated carbocycles. The molecule has 0 radical (unpaired) electrons. The van der Waals surface area contributed by atoms with E-state index in [4.69, 9.17) is 4.74 Å². The second-order valence-corrected chi connectivity index (χ2v) is 9.59. The van der Waals surface area contributed by atoms with Gasteiger partial charge < -0.3 is 9.64 Å². The highest BCUT2D eigenvalue weighted by Crippen LogP contribution is 2.26. The molecular formula is C21H30N2O5S. The van der Waals surface area contributed by atoms with Gasteiger partial charge in [-0.1, -0.05) is 37.5 Å². The average molecular weight is 423 g/mol. The van der Waals surface area contributed by atoms with Gasteiger partial charge in [-0.25, -0.2) is 8.42 Å². The quantitative estimate of drug-likeness (QED) is 0.681. The fourth-order valence-corrected chi connectivity index (χ4v) is 5.64. The number of amides is 1. The standard InChI is InChI=1S/C21H30N2O5S/c24-20(22-14-8-2-1-3-9-15-22)17-28-21(25)19-13-7-10-16-23(19)29(26,27)18-11-5-4-6-12-18/h4-6,11-12,19H,1-3,7-10,13-17H2/t19-/m0/s1. The minimum absolute atomic E-state index is 0.163. The lowest BCUT2D eigenvalue weighted by Crippen LogP contribution is -2.49. The number of ether oxygens (including phenoxy) is 1. The molecule has 1 aromatic carbocycles. The first-order valence-corrected chi connectivity index (χ1v) is 12.0. The Kier molecular flexibility index (Phi) is 7.66. The van der Waals surface area contributed by atoms with Crippen LogP contribution in [0.4, 0.5) is 0 Å². The predicted molar refractivity (Wildman–Crippen MR) is 109 cm³/mol. The van der Waals surface area contributed by atoms with Crippen LogP contribution in [0.15, 0.2) is 35.2 Å². The van der Waals surface area contributed by atoms with Gasteiger partial charge in [0, 0.05) is 19.6 Å². The number of carbonyl (C=O) groups excluding carboxylic acids is 2. The van der Waals surface area contributed by atoms with E-state index >= 15 is 0 Å². The molecule has 160 valence electrons. The molecule has 8 heteroatoms. The average Bonchev–Trinajstić information content (AvgIpc) is 2.72. The number of piperidine rings is 1. The van der Waals surface area contributed by atoms with E-state index in [9.17, 15) is 18.0 Å². The molecule has 0 aliphatic carbocycles. The number of benzene rings is 1. The Labute approximate surface area is 173 Å². The van der Waals surface area contributed by atoms with Crippen LogP contribution >= 0.6 is 0 Å². The van der Waals surface area contributed by atoms with Crippen LogP contribution in [-0.2, 0) is 24.3 Å². The summed E-state index contributed by atoms with van der Waals surface area (Å²) < 4.78 is 32.5. The van der Waals surface area contributed by atoms with E-state index in [1.54, 1.807) is 23.1 Å². The summed E-state index contributed by atoms with van der Waals surface area (Å²) in [7, 11) is -3.79. The van der Waals surface area contributed by atoms with Crippen LogP contribution in [0.3, 0.4) is 0 Å². The van der Waals surface area contributed by atoms with Crippen molar-refractivity contribution in [3.63, 3.8) is 0 Å². The molecule has 2 aliphatic rings. The maximum Gasteiger partial charge on any atom is 0.324 e. The Balaban J connectivity index is 1.63. The third kappa shape index (κ3) is 5.57. The van der Waals surface area contributed by atoms with Crippen molar-refractivity contribution < 1.29 is 22.7 Å². The maximum absolute atomic E-state index is 13.0. The Morgan fingerprint density at radius 2 is 1.52 bits per heavy atom. The first-order valence-electron chi connectivity index (χ1n) is 10.5. The lowest BCUT2D eigenvalue weighted by atomic mass is 10.1. The summed E-state index contributed by atoms with van der Waals surface area (Å²) in [6, 6.07) is 7.24. The molecule has 2 heterocycles. The lowest BCUT2D eigenvalue weighted by Gasteiger charge is -2.33. The van der Waals surface area contributed by atoms with Gasteiger partial charge >= 0.3 is 5.97 Å². The Morgan fingerprint density at radius 3 is 2.21 bits per heavy atom. The molecule has 1 aromatic rings. The van der Waals surface area contributed by atoms with E-state index in [-0.39, 0.29) is 24.0 Å². The molecular weight excluding hydrogens is 392 g/mol. The van der Waals surface area contributed by atoms with Crippen molar-refractivity contribution in [2.45, 2.75) is 62.3 Å². The van der Waals surface area contributed by atoms with Crippen molar-refractivity contribution in [2.24, 2.45) is 0 Å². The van der Waals surface area contributed by atoms with Gasteiger partial charge in [-0.2, -0.15) is 4.31 Å². The molecule has 2 saturated heterocycles. The molecule has 0 N–H and O–H groups in total. The largest absolute Gasteiger partial charge is 0.454 e. The first kappa shape index (κ1) is 21.8. The zero-order valence-corrected chi connectivity index (χ0v) is 17.6. The van der Waals surface area contributed by atoms with E-state index in [1.165, 1.54) is 22.9 Å². The van der Waals surface area contributed by atoms with Crippen molar-refractivity contribution in [1.29, 1.82) is 0 Å².